The summed E-state index contributed by atoms with van der Waals surface area (Å²) in [5.41, 5.74) is 1.11. The Morgan fingerprint density at radius 1 is 1.27 bits per heavy atom. The normalized spacial score (nSPS) is 14.4. The zero-order valence-electron chi connectivity index (χ0n) is 9.91. The number of hydrogen-bond acceptors (Lipinski definition) is 2. The average molecular weight is 202 g/mol. The largest absolute Gasteiger partial charge is 0.240 e. The van der Waals surface area contributed by atoms with E-state index in [1.807, 2.05) is 13.0 Å². The maximum absolute atomic E-state index is 4.37. The molecule has 0 radical (unpaired) electrons. The van der Waals surface area contributed by atoms with Crippen molar-refractivity contribution in [3.63, 3.8) is 0 Å². The molecule has 2 nitrogen and oxygen atoms in total. The van der Waals surface area contributed by atoms with Gasteiger partial charge in [-0.3, -0.25) is 0 Å². The highest BCUT2D eigenvalue weighted by Crippen LogP contribution is 2.14. The van der Waals surface area contributed by atoms with E-state index < -0.39 is 0 Å². The fourth-order valence-electron chi connectivity index (χ4n) is 1.54. The molecule has 1 heterocycles. The van der Waals surface area contributed by atoms with Gasteiger partial charge in [-0.2, -0.15) is 0 Å². The molecular formula is C13H18N2. The van der Waals surface area contributed by atoms with Crippen molar-refractivity contribution in [2.24, 2.45) is 0 Å². The van der Waals surface area contributed by atoms with Crippen molar-refractivity contribution in [2.75, 3.05) is 0 Å². The zero-order chi connectivity index (χ0) is 11.5. The van der Waals surface area contributed by atoms with Gasteiger partial charge >= 0.3 is 0 Å². The van der Waals surface area contributed by atoms with E-state index in [9.17, 15) is 0 Å². The number of hydrogen-bond donors (Lipinski definition) is 0. The van der Waals surface area contributed by atoms with E-state index in [4.69, 9.17) is 0 Å². The summed E-state index contributed by atoms with van der Waals surface area (Å²) >= 11 is 0. The summed E-state index contributed by atoms with van der Waals surface area (Å²) in [5, 5.41) is 2.04. The first kappa shape index (κ1) is 11.6. The van der Waals surface area contributed by atoms with Crippen LogP contribution in [0.1, 0.15) is 33.4 Å². The molecule has 0 saturated heterocycles. The lowest BCUT2D eigenvalue weighted by Crippen LogP contribution is -2.37. The maximum Gasteiger partial charge on any atom is 0.116 e. The molecule has 0 unspecified atom stereocenters. The SMILES string of the molecule is C=C/C=c1/ncnc(C(C)(C)C)/c1=C/C. The summed E-state index contributed by atoms with van der Waals surface area (Å²) < 4.78 is 0. The third-order valence-corrected chi connectivity index (χ3v) is 2.19. The minimum Gasteiger partial charge on any atom is -0.240 e. The molecule has 0 bridgehead atoms. The van der Waals surface area contributed by atoms with Crippen molar-refractivity contribution in [3.8, 4) is 0 Å². The number of nitrogens with zero attached hydrogens (tertiary/aromatic N) is 2. The van der Waals surface area contributed by atoms with Crippen LogP contribution in [0.2, 0.25) is 0 Å². The lowest BCUT2D eigenvalue weighted by molar-refractivity contribution is 0.560. The lowest BCUT2D eigenvalue weighted by Gasteiger charge is -2.17. The molecular weight excluding hydrogens is 184 g/mol. The molecule has 1 rings (SSSR count). The van der Waals surface area contributed by atoms with Crippen LogP contribution in [0.4, 0.5) is 0 Å². The van der Waals surface area contributed by atoms with E-state index in [2.05, 4.69) is 43.4 Å². The predicted octanol–water partition coefficient (Wildman–Crippen LogP) is 1.54. The van der Waals surface area contributed by atoms with Gasteiger partial charge in [-0.05, 0) is 13.0 Å². The number of allylic oxidation sites excluding steroid dienone is 1. The highest BCUT2D eigenvalue weighted by molar-refractivity contribution is 5.37. The topological polar surface area (TPSA) is 25.8 Å². The molecule has 2 heteroatoms. The minimum absolute atomic E-state index is 0.0363. The second-order valence-corrected chi connectivity index (χ2v) is 4.46. The molecule has 0 saturated carbocycles. The number of aromatic nitrogens is 2. The van der Waals surface area contributed by atoms with Crippen LogP contribution < -0.4 is 10.6 Å². The van der Waals surface area contributed by atoms with Gasteiger partial charge < -0.3 is 0 Å². The Kier molecular flexibility index (Phi) is 3.40. The first-order valence-corrected chi connectivity index (χ1v) is 5.11. The van der Waals surface area contributed by atoms with E-state index >= 15 is 0 Å². The summed E-state index contributed by atoms with van der Waals surface area (Å²) in [6, 6.07) is 0. The van der Waals surface area contributed by atoms with Crippen LogP contribution in [0.25, 0.3) is 12.2 Å². The second-order valence-electron chi connectivity index (χ2n) is 4.46. The van der Waals surface area contributed by atoms with Crippen LogP contribution in [0.5, 0.6) is 0 Å². The van der Waals surface area contributed by atoms with E-state index in [1.165, 1.54) is 0 Å². The van der Waals surface area contributed by atoms with Crippen LogP contribution in [0.15, 0.2) is 19.0 Å². The van der Waals surface area contributed by atoms with Gasteiger partial charge in [0.15, 0.2) is 0 Å². The van der Waals surface area contributed by atoms with Crippen molar-refractivity contribution in [1.29, 1.82) is 0 Å². The van der Waals surface area contributed by atoms with Crippen LogP contribution in [-0.2, 0) is 5.41 Å². The van der Waals surface area contributed by atoms with E-state index in [-0.39, 0.29) is 5.41 Å². The molecule has 0 fully saturated rings. The van der Waals surface area contributed by atoms with Gasteiger partial charge in [0.25, 0.3) is 0 Å². The molecule has 80 valence electrons. The minimum atomic E-state index is 0.0363. The Labute approximate surface area is 91.1 Å². The summed E-state index contributed by atoms with van der Waals surface area (Å²) in [5.74, 6) is 0. The molecule has 15 heavy (non-hydrogen) atoms. The zero-order valence-corrected chi connectivity index (χ0v) is 9.91. The van der Waals surface area contributed by atoms with Crippen LogP contribution in [0.3, 0.4) is 0 Å². The molecule has 0 aliphatic carbocycles. The predicted molar refractivity (Wildman–Crippen MR) is 64.8 cm³/mol. The van der Waals surface area contributed by atoms with Crippen molar-refractivity contribution < 1.29 is 0 Å². The third-order valence-electron chi connectivity index (χ3n) is 2.19. The van der Waals surface area contributed by atoms with Gasteiger partial charge in [0, 0.05) is 10.6 Å². The molecule has 0 amide bonds. The first-order chi connectivity index (χ1) is 7.00. The fourth-order valence-corrected chi connectivity index (χ4v) is 1.54. The molecule has 0 aromatic carbocycles. The van der Waals surface area contributed by atoms with Crippen LogP contribution in [0, 0.1) is 0 Å². The number of rotatable bonds is 1. The van der Waals surface area contributed by atoms with Crippen LogP contribution >= 0.6 is 0 Å². The lowest BCUT2D eigenvalue weighted by atomic mass is 9.90. The summed E-state index contributed by atoms with van der Waals surface area (Å²) in [6.07, 6.45) is 7.33. The van der Waals surface area contributed by atoms with E-state index in [0.717, 1.165) is 16.3 Å². The van der Waals surface area contributed by atoms with Crippen molar-refractivity contribution in [1.82, 2.24) is 9.97 Å². The van der Waals surface area contributed by atoms with Gasteiger partial charge in [0.1, 0.15) is 6.33 Å². The quantitative estimate of drug-likeness (QED) is 0.690. The molecule has 0 aliphatic heterocycles. The average Bonchev–Trinajstić information content (AvgIpc) is 2.16. The summed E-state index contributed by atoms with van der Waals surface area (Å²) in [7, 11) is 0. The second kappa shape index (κ2) is 4.39. The summed E-state index contributed by atoms with van der Waals surface area (Å²) in [4.78, 5) is 8.61. The maximum atomic E-state index is 4.37. The Hall–Kier alpha value is -1.44. The van der Waals surface area contributed by atoms with E-state index in [0.29, 0.717) is 0 Å². The van der Waals surface area contributed by atoms with Gasteiger partial charge in [0.05, 0.1) is 11.0 Å². The Morgan fingerprint density at radius 3 is 2.40 bits per heavy atom. The molecule has 0 atom stereocenters. The highest BCUT2D eigenvalue weighted by Gasteiger charge is 2.16. The molecule has 0 N–H and O–H groups in total. The van der Waals surface area contributed by atoms with Crippen molar-refractivity contribution in [3.05, 3.63) is 35.2 Å². The first-order valence-electron chi connectivity index (χ1n) is 5.11. The molecule has 0 aliphatic rings. The Morgan fingerprint density at radius 2 is 1.93 bits per heavy atom. The Balaban J connectivity index is 3.66. The van der Waals surface area contributed by atoms with Crippen LogP contribution in [-0.4, -0.2) is 9.97 Å². The van der Waals surface area contributed by atoms with Gasteiger partial charge in [0.2, 0.25) is 0 Å². The van der Waals surface area contributed by atoms with Crippen molar-refractivity contribution in [2.45, 2.75) is 33.1 Å². The van der Waals surface area contributed by atoms with E-state index in [1.54, 1.807) is 12.4 Å². The standard InChI is InChI=1S/C13H18N2/c1-6-8-11-10(7-2)12(13(3,4)5)15-9-14-11/h6-9H,1H2,2-5H3/b10-7+,11-8+. The smallest absolute Gasteiger partial charge is 0.116 e. The third kappa shape index (κ3) is 2.52. The molecule has 1 aromatic rings. The van der Waals surface area contributed by atoms with Crippen molar-refractivity contribution >= 4 is 12.2 Å². The Bertz CT molecular complexity index is 464. The monoisotopic (exact) mass is 202 g/mol. The molecule has 1 aromatic heterocycles. The fraction of sp³-hybridized carbons (Fsp3) is 0.385. The summed E-state index contributed by atoms with van der Waals surface area (Å²) in [6.45, 7) is 12.2. The van der Waals surface area contributed by atoms with Gasteiger partial charge in [-0.1, -0.05) is 39.5 Å². The molecule has 0 spiro atoms. The van der Waals surface area contributed by atoms with Gasteiger partial charge in [-0.15, -0.1) is 0 Å². The van der Waals surface area contributed by atoms with Gasteiger partial charge in [-0.25, -0.2) is 9.97 Å². The highest BCUT2D eigenvalue weighted by atomic mass is 14.8.